The lowest BCUT2D eigenvalue weighted by Crippen LogP contribution is -2.19. The molecule has 0 unspecified atom stereocenters. The average molecular weight is 544 g/mol. The molecule has 2 aromatic carbocycles. The fourth-order valence-corrected chi connectivity index (χ4v) is 4.86. The second-order valence-electron chi connectivity index (χ2n) is 8.02. The Morgan fingerprint density at radius 3 is 2.34 bits per heavy atom. The van der Waals surface area contributed by atoms with Gasteiger partial charge in [0.2, 0.25) is 9.84 Å². The first kappa shape index (κ1) is 26.7. The van der Waals surface area contributed by atoms with E-state index in [1.165, 1.54) is 62.4 Å². The smallest absolute Gasteiger partial charge is 0.280 e. The Labute approximate surface area is 217 Å². The molecule has 0 radical (unpaired) electrons. The highest BCUT2D eigenvalue weighted by atomic mass is 32.2. The highest BCUT2D eigenvalue weighted by molar-refractivity contribution is 7.91. The van der Waals surface area contributed by atoms with Crippen molar-refractivity contribution in [3.63, 3.8) is 0 Å². The average Bonchev–Trinajstić information content (AvgIpc) is 2.93. The Morgan fingerprint density at radius 2 is 1.66 bits per heavy atom. The summed E-state index contributed by atoms with van der Waals surface area (Å²) in [5.41, 5.74) is -0.265. The third-order valence-electron chi connectivity index (χ3n) is 5.62. The van der Waals surface area contributed by atoms with E-state index in [9.17, 15) is 22.0 Å². The standard InChI is InChI=1S/C26H23F2N3O6S/c1-35-18-5-4-6-19(12-18)38(33,34)26-29-20(13-21(30-26)25(27)28)17-8-10-24(32)31(15-17)14-16-7-9-22(36-2)23(11-16)37-3/h4-13,15,25H,14H2,1-3H3. The monoisotopic (exact) mass is 543 g/mol. The summed E-state index contributed by atoms with van der Waals surface area (Å²) in [5, 5.41) is -0.795. The van der Waals surface area contributed by atoms with Crippen LogP contribution in [-0.2, 0) is 16.4 Å². The van der Waals surface area contributed by atoms with E-state index in [1.54, 1.807) is 24.3 Å². The van der Waals surface area contributed by atoms with E-state index in [0.29, 0.717) is 17.1 Å². The molecule has 0 spiro atoms. The summed E-state index contributed by atoms with van der Waals surface area (Å²) < 4.78 is 70.9. The number of pyridine rings is 1. The minimum Gasteiger partial charge on any atom is -0.497 e. The van der Waals surface area contributed by atoms with Gasteiger partial charge < -0.3 is 18.8 Å². The maximum atomic E-state index is 13.7. The SMILES string of the molecule is COc1cccc(S(=O)(=O)c2nc(-c3ccc(=O)n(Cc4ccc(OC)c(OC)c4)c3)cc(C(F)F)n2)c1. The lowest BCUT2D eigenvalue weighted by Gasteiger charge is -2.13. The molecule has 2 aromatic heterocycles. The van der Waals surface area contributed by atoms with E-state index in [-0.39, 0.29) is 34.0 Å². The van der Waals surface area contributed by atoms with E-state index in [4.69, 9.17) is 14.2 Å². The summed E-state index contributed by atoms with van der Waals surface area (Å²) in [6.07, 6.45) is -1.65. The van der Waals surface area contributed by atoms with Crippen molar-refractivity contribution in [2.75, 3.05) is 21.3 Å². The first-order chi connectivity index (χ1) is 18.2. The van der Waals surface area contributed by atoms with Gasteiger partial charge in [-0.25, -0.2) is 27.2 Å². The van der Waals surface area contributed by atoms with Gasteiger partial charge in [-0.05, 0) is 48.0 Å². The van der Waals surface area contributed by atoms with E-state index >= 15 is 0 Å². The summed E-state index contributed by atoms with van der Waals surface area (Å²) in [7, 11) is -0.00837. The van der Waals surface area contributed by atoms with Crippen molar-refractivity contribution < 1.29 is 31.4 Å². The maximum absolute atomic E-state index is 13.7. The zero-order valence-electron chi connectivity index (χ0n) is 20.6. The molecule has 198 valence electrons. The minimum atomic E-state index is -4.37. The molecule has 12 heteroatoms. The van der Waals surface area contributed by atoms with Gasteiger partial charge in [0.25, 0.3) is 17.1 Å². The van der Waals surface area contributed by atoms with Gasteiger partial charge in [0.15, 0.2) is 11.5 Å². The zero-order chi connectivity index (χ0) is 27.4. The number of ether oxygens (including phenoxy) is 3. The second kappa shape index (κ2) is 11.0. The summed E-state index contributed by atoms with van der Waals surface area (Å²) >= 11 is 0. The quantitative estimate of drug-likeness (QED) is 0.290. The number of hydrogen-bond donors (Lipinski definition) is 0. The molecular formula is C26H23F2N3O6S. The van der Waals surface area contributed by atoms with Crippen LogP contribution in [0.2, 0.25) is 0 Å². The van der Waals surface area contributed by atoms with Gasteiger partial charge in [-0.2, -0.15) is 0 Å². The molecule has 2 heterocycles. The topological polar surface area (TPSA) is 110 Å². The molecule has 0 aliphatic heterocycles. The molecular weight excluding hydrogens is 520 g/mol. The molecule has 0 bridgehead atoms. The number of aromatic nitrogens is 3. The predicted molar refractivity (Wildman–Crippen MR) is 134 cm³/mol. The number of methoxy groups -OCH3 is 3. The van der Waals surface area contributed by atoms with Crippen molar-refractivity contribution in [3.8, 4) is 28.5 Å². The molecule has 9 nitrogen and oxygen atoms in total. The Balaban J connectivity index is 1.78. The summed E-state index contributed by atoms with van der Waals surface area (Å²) in [6.45, 7) is 0.120. The van der Waals surface area contributed by atoms with Gasteiger partial charge in [0.05, 0.1) is 38.5 Å². The van der Waals surface area contributed by atoms with Crippen LogP contribution in [0.4, 0.5) is 8.78 Å². The molecule has 0 saturated heterocycles. The first-order valence-electron chi connectivity index (χ1n) is 11.1. The van der Waals surface area contributed by atoms with Crippen molar-refractivity contribution in [3.05, 3.63) is 88.5 Å². The van der Waals surface area contributed by atoms with Crippen molar-refractivity contribution in [1.82, 2.24) is 14.5 Å². The van der Waals surface area contributed by atoms with Crippen molar-refractivity contribution in [2.24, 2.45) is 0 Å². The molecule has 38 heavy (non-hydrogen) atoms. The van der Waals surface area contributed by atoms with Crippen molar-refractivity contribution in [1.29, 1.82) is 0 Å². The van der Waals surface area contributed by atoms with Crippen LogP contribution in [0, 0.1) is 0 Å². The van der Waals surface area contributed by atoms with Gasteiger partial charge in [0.1, 0.15) is 11.4 Å². The largest absolute Gasteiger partial charge is 0.497 e. The highest BCUT2D eigenvalue weighted by Gasteiger charge is 2.25. The Kier molecular flexibility index (Phi) is 7.72. The second-order valence-corrected chi connectivity index (χ2v) is 9.86. The maximum Gasteiger partial charge on any atom is 0.280 e. The van der Waals surface area contributed by atoms with Crippen LogP contribution in [-0.4, -0.2) is 44.3 Å². The lowest BCUT2D eigenvalue weighted by atomic mass is 10.1. The predicted octanol–water partition coefficient (Wildman–Crippen LogP) is 4.15. The van der Waals surface area contributed by atoms with Gasteiger partial charge in [-0.15, -0.1) is 0 Å². The van der Waals surface area contributed by atoms with Gasteiger partial charge in [-0.1, -0.05) is 12.1 Å². The fourth-order valence-electron chi connectivity index (χ4n) is 3.68. The molecule has 0 fully saturated rings. The van der Waals surface area contributed by atoms with Gasteiger partial charge in [0, 0.05) is 17.8 Å². The highest BCUT2D eigenvalue weighted by Crippen LogP contribution is 2.29. The number of alkyl halides is 2. The van der Waals surface area contributed by atoms with Crippen LogP contribution in [0.25, 0.3) is 11.3 Å². The normalized spacial score (nSPS) is 11.4. The zero-order valence-corrected chi connectivity index (χ0v) is 21.4. The van der Waals surface area contributed by atoms with E-state index in [0.717, 1.165) is 6.07 Å². The van der Waals surface area contributed by atoms with Crippen LogP contribution in [0.3, 0.4) is 0 Å². The summed E-state index contributed by atoms with van der Waals surface area (Å²) in [5.74, 6) is 1.25. The number of rotatable bonds is 9. The molecule has 4 aromatic rings. The van der Waals surface area contributed by atoms with Crippen LogP contribution in [0.15, 0.2) is 81.7 Å². The van der Waals surface area contributed by atoms with Crippen LogP contribution in [0.1, 0.15) is 17.7 Å². The first-order valence-corrected chi connectivity index (χ1v) is 12.6. The van der Waals surface area contributed by atoms with Crippen molar-refractivity contribution >= 4 is 9.84 Å². The Bertz CT molecular complexity index is 1640. The lowest BCUT2D eigenvalue weighted by molar-refractivity contribution is 0.145. The number of sulfone groups is 1. The minimum absolute atomic E-state index is 0.0853. The van der Waals surface area contributed by atoms with Crippen LogP contribution in [0.5, 0.6) is 17.2 Å². The molecule has 0 saturated carbocycles. The molecule has 0 aliphatic rings. The molecule has 4 rings (SSSR count). The Hall–Kier alpha value is -4.32. The Morgan fingerprint density at radius 1 is 0.895 bits per heavy atom. The third-order valence-corrected chi connectivity index (χ3v) is 7.16. The number of benzene rings is 2. The summed E-state index contributed by atoms with van der Waals surface area (Å²) in [6, 6.07) is 14.3. The third kappa shape index (κ3) is 5.49. The van der Waals surface area contributed by atoms with E-state index in [1.807, 2.05) is 0 Å². The van der Waals surface area contributed by atoms with Crippen LogP contribution < -0.4 is 19.8 Å². The summed E-state index contributed by atoms with van der Waals surface area (Å²) in [4.78, 5) is 20.1. The van der Waals surface area contributed by atoms with Gasteiger partial charge >= 0.3 is 0 Å². The number of hydrogen-bond acceptors (Lipinski definition) is 8. The number of halogens is 2. The van der Waals surface area contributed by atoms with Crippen LogP contribution >= 0.6 is 0 Å². The molecule has 0 N–H and O–H groups in total. The molecule has 0 aliphatic carbocycles. The van der Waals surface area contributed by atoms with E-state index < -0.39 is 27.1 Å². The van der Waals surface area contributed by atoms with Gasteiger partial charge in [-0.3, -0.25) is 4.79 Å². The number of nitrogens with zero attached hydrogens (tertiary/aromatic N) is 3. The van der Waals surface area contributed by atoms with E-state index in [2.05, 4.69) is 9.97 Å². The molecule has 0 amide bonds. The molecule has 0 atom stereocenters. The van der Waals surface area contributed by atoms with Crippen molar-refractivity contribution in [2.45, 2.75) is 23.0 Å². The fraction of sp³-hybridized carbons (Fsp3) is 0.192.